The van der Waals surface area contributed by atoms with Gasteiger partial charge in [-0.25, -0.2) is 4.98 Å². The topological polar surface area (TPSA) is 111 Å². The maximum Gasteiger partial charge on any atom is 0.272 e. The molecule has 1 atom stereocenters. The van der Waals surface area contributed by atoms with Gasteiger partial charge < -0.3 is 15.4 Å². The third kappa shape index (κ3) is 13.7. The zero-order valence-electron chi connectivity index (χ0n) is 27.3. The molecule has 0 saturated heterocycles. The van der Waals surface area contributed by atoms with Gasteiger partial charge >= 0.3 is 0 Å². The van der Waals surface area contributed by atoms with E-state index in [1.54, 1.807) is 16.9 Å². The SMILES string of the molecule is C/C=C\C(=NC(C)=C(C)CC)c1csc(NC(=O)CNC(=O)c2ccn(C(C)(C)C)n2)n1.CCCOCCC(C)CC. The number of nitrogens with zero attached hydrogens (tertiary/aromatic N) is 4. The van der Waals surface area contributed by atoms with E-state index in [9.17, 15) is 9.59 Å². The Balaban J connectivity index is 0.000000752. The summed E-state index contributed by atoms with van der Waals surface area (Å²) in [5.74, 6) is 0.0628. The number of aromatic nitrogens is 3. The number of hydrogen-bond acceptors (Lipinski definition) is 7. The van der Waals surface area contributed by atoms with Crippen molar-refractivity contribution in [3.05, 3.63) is 52.5 Å². The van der Waals surface area contributed by atoms with Crippen molar-refractivity contribution in [3.63, 3.8) is 0 Å². The summed E-state index contributed by atoms with van der Waals surface area (Å²) in [5.41, 5.74) is 3.62. The summed E-state index contributed by atoms with van der Waals surface area (Å²) in [6.07, 6.45) is 10.1. The van der Waals surface area contributed by atoms with Crippen LogP contribution in [0.15, 0.2) is 46.1 Å². The highest BCUT2D eigenvalue weighted by Gasteiger charge is 2.18. The van der Waals surface area contributed by atoms with Gasteiger partial charge in [-0.05, 0) is 78.9 Å². The molecule has 0 aromatic carbocycles. The molecule has 0 saturated carbocycles. The Labute approximate surface area is 257 Å². The number of amides is 2. The molecule has 0 aliphatic rings. The van der Waals surface area contributed by atoms with Crippen LogP contribution in [-0.2, 0) is 15.1 Å². The predicted molar refractivity (Wildman–Crippen MR) is 175 cm³/mol. The van der Waals surface area contributed by atoms with Crippen LogP contribution in [0.3, 0.4) is 0 Å². The number of carbonyl (C=O) groups excluding carboxylic acids is 2. The summed E-state index contributed by atoms with van der Waals surface area (Å²) < 4.78 is 7.07. The zero-order valence-corrected chi connectivity index (χ0v) is 28.2. The summed E-state index contributed by atoms with van der Waals surface area (Å²) >= 11 is 1.31. The normalized spacial score (nSPS) is 13.3. The van der Waals surface area contributed by atoms with Crippen molar-refractivity contribution >= 4 is 34.0 Å². The van der Waals surface area contributed by atoms with Gasteiger partial charge in [-0.2, -0.15) is 5.10 Å². The fraction of sp³-hybridized carbons (Fsp3) is 0.594. The van der Waals surface area contributed by atoms with Crippen molar-refractivity contribution in [2.45, 2.75) is 100 Å². The van der Waals surface area contributed by atoms with Gasteiger partial charge in [0, 0.05) is 30.5 Å². The Bertz CT molecular complexity index is 1200. The minimum Gasteiger partial charge on any atom is -0.381 e. The third-order valence-corrected chi connectivity index (χ3v) is 7.25. The zero-order chi connectivity index (χ0) is 31.7. The maximum atomic E-state index is 12.3. The Hall–Kier alpha value is -3.11. The Morgan fingerprint density at radius 2 is 1.88 bits per heavy atom. The summed E-state index contributed by atoms with van der Waals surface area (Å²) in [6.45, 7) is 22.4. The second-order valence-electron chi connectivity index (χ2n) is 11.2. The van der Waals surface area contributed by atoms with Gasteiger partial charge in [0.1, 0.15) is 11.4 Å². The quantitative estimate of drug-likeness (QED) is 0.174. The standard InChI is InChI=1S/C23H32N6O2S.C9H20O/c1-8-10-17(25-16(4)15(3)9-2)19-14-32-22(26-19)27-20(30)13-24-21(31)18-11-12-29(28-18)23(5,6)7;1-4-7-10-8-6-9(3)5-2/h8,10-12,14H,9,13H2,1-7H3,(H,24,31)(H,26,27,30);9H,4-8H2,1-3H3/b10-8-,16-15?,25-17?;. The molecule has 10 heteroatoms. The van der Waals surface area contributed by atoms with Gasteiger partial charge in [-0.3, -0.25) is 19.3 Å². The summed E-state index contributed by atoms with van der Waals surface area (Å²) in [7, 11) is 0. The minimum atomic E-state index is -0.404. The first kappa shape index (κ1) is 36.9. The van der Waals surface area contributed by atoms with E-state index in [1.807, 2.05) is 52.2 Å². The number of ether oxygens (including phenoxy) is 1. The van der Waals surface area contributed by atoms with Crippen LogP contribution in [0.5, 0.6) is 0 Å². The van der Waals surface area contributed by atoms with E-state index in [0.29, 0.717) is 10.8 Å². The lowest BCUT2D eigenvalue weighted by Crippen LogP contribution is -2.33. The number of anilines is 1. The lowest BCUT2D eigenvalue weighted by atomic mass is 10.1. The highest BCUT2D eigenvalue weighted by atomic mass is 32.1. The molecule has 42 heavy (non-hydrogen) atoms. The molecule has 0 bridgehead atoms. The van der Waals surface area contributed by atoms with Crippen molar-refractivity contribution in [1.82, 2.24) is 20.1 Å². The molecule has 0 fully saturated rings. The molecule has 9 nitrogen and oxygen atoms in total. The molecule has 2 rings (SSSR count). The molecule has 0 aliphatic carbocycles. The van der Waals surface area contributed by atoms with Crippen LogP contribution >= 0.6 is 11.3 Å². The lowest BCUT2D eigenvalue weighted by molar-refractivity contribution is -0.115. The number of nitrogens with one attached hydrogen (secondary N) is 2. The minimum absolute atomic E-state index is 0.177. The highest BCUT2D eigenvalue weighted by Crippen LogP contribution is 2.18. The van der Waals surface area contributed by atoms with Crippen molar-refractivity contribution in [2.24, 2.45) is 10.9 Å². The number of allylic oxidation sites excluding steroid dienone is 4. The molecule has 0 radical (unpaired) electrons. The van der Waals surface area contributed by atoms with Gasteiger partial charge in [0.25, 0.3) is 5.91 Å². The van der Waals surface area contributed by atoms with E-state index in [1.165, 1.54) is 29.8 Å². The Morgan fingerprint density at radius 1 is 1.17 bits per heavy atom. The van der Waals surface area contributed by atoms with Crippen LogP contribution in [0.4, 0.5) is 5.13 Å². The van der Waals surface area contributed by atoms with Gasteiger partial charge in [0.05, 0.1) is 17.8 Å². The van der Waals surface area contributed by atoms with Crippen molar-refractivity contribution in [1.29, 1.82) is 0 Å². The van der Waals surface area contributed by atoms with Crippen LogP contribution in [0.25, 0.3) is 0 Å². The van der Waals surface area contributed by atoms with Crippen LogP contribution in [-0.4, -0.2) is 52.0 Å². The molecule has 2 heterocycles. The van der Waals surface area contributed by atoms with E-state index in [-0.39, 0.29) is 23.7 Å². The predicted octanol–water partition coefficient (Wildman–Crippen LogP) is 7.38. The fourth-order valence-electron chi connectivity index (χ4n) is 3.29. The average Bonchev–Trinajstić information content (AvgIpc) is 3.64. The largest absolute Gasteiger partial charge is 0.381 e. The summed E-state index contributed by atoms with van der Waals surface area (Å²) in [6, 6.07) is 1.63. The van der Waals surface area contributed by atoms with Gasteiger partial charge in [-0.15, -0.1) is 11.3 Å². The van der Waals surface area contributed by atoms with Gasteiger partial charge in [-0.1, -0.05) is 45.8 Å². The smallest absolute Gasteiger partial charge is 0.272 e. The molecule has 234 valence electrons. The van der Waals surface area contributed by atoms with Gasteiger partial charge in [0.15, 0.2) is 5.13 Å². The van der Waals surface area contributed by atoms with E-state index in [2.05, 4.69) is 60.3 Å². The number of thiazole rings is 1. The second-order valence-corrected chi connectivity index (χ2v) is 12.1. The molecule has 0 spiro atoms. The Morgan fingerprint density at radius 3 is 2.45 bits per heavy atom. The molecule has 2 amide bonds. The van der Waals surface area contributed by atoms with Crippen molar-refractivity contribution in [2.75, 3.05) is 25.1 Å². The first-order valence-electron chi connectivity index (χ1n) is 14.9. The van der Waals surface area contributed by atoms with E-state index in [0.717, 1.165) is 43.4 Å². The van der Waals surface area contributed by atoms with Crippen LogP contribution < -0.4 is 10.6 Å². The second kappa shape index (κ2) is 19.2. The van der Waals surface area contributed by atoms with E-state index >= 15 is 0 Å². The van der Waals surface area contributed by atoms with Crippen molar-refractivity contribution < 1.29 is 14.3 Å². The molecule has 0 aliphatic heterocycles. The first-order valence-corrected chi connectivity index (χ1v) is 15.8. The molecular weight excluding hydrogens is 548 g/mol. The Kier molecular flexibility index (Phi) is 16.8. The molecule has 1 unspecified atom stereocenters. The van der Waals surface area contributed by atoms with Crippen molar-refractivity contribution in [3.8, 4) is 0 Å². The van der Waals surface area contributed by atoms with Crippen LogP contribution in [0.2, 0.25) is 0 Å². The van der Waals surface area contributed by atoms with Crippen LogP contribution in [0, 0.1) is 5.92 Å². The monoisotopic (exact) mass is 600 g/mol. The lowest BCUT2D eigenvalue weighted by Gasteiger charge is -2.18. The van der Waals surface area contributed by atoms with Crippen LogP contribution in [0.1, 0.15) is 111 Å². The fourth-order valence-corrected chi connectivity index (χ4v) is 4.01. The number of rotatable bonds is 14. The first-order chi connectivity index (χ1) is 19.9. The van der Waals surface area contributed by atoms with Gasteiger partial charge in [0.2, 0.25) is 5.91 Å². The summed E-state index contributed by atoms with van der Waals surface area (Å²) in [4.78, 5) is 33.7. The van der Waals surface area contributed by atoms with E-state index in [4.69, 9.17) is 4.74 Å². The number of hydrogen-bond donors (Lipinski definition) is 2. The van der Waals surface area contributed by atoms with E-state index < -0.39 is 5.91 Å². The summed E-state index contributed by atoms with van der Waals surface area (Å²) in [5, 5.41) is 11.9. The average molecular weight is 601 g/mol. The molecular formula is C32H52N6O3S. The highest BCUT2D eigenvalue weighted by molar-refractivity contribution is 7.14. The molecule has 2 aromatic rings. The number of aliphatic imine (C=N–C) groups is 1. The third-order valence-electron chi connectivity index (χ3n) is 6.49. The molecule has 2 N–H and O–H groups in total. The molecule has 2 aromatic heterocycles. The maximum absolute atomic E-state index is 12.3. The number of carbonyl (C=O) groups is 2.